The summed E-state index contributed by atoms with van der Waals surface area (Å²) in [6, 6.07) is 2.03. The molecule has 6 nitrogen and oxygen atoms in total. The molecule has 18 heavy (non-hydrogen) atoms. The molecule has 0 fully saturated rings. The van der Waals surface area contributed by atoms with Gasteiger partial charge in [-0.2, -0.15) is 0 Å². The topological polar surface area (TPSA) is 98.7 Å². The Labute approximate surface area is 109 Å². The van der Waals surface area contributed by atoms with E-state index in [1.165, 1.54) is 4.88 Å². The standard InChI is InChI=1S/C11H16N2O4S/c1-2-7-3-4-8(18-7)5-12-11(17)13-9(6-14)10(15)16/h3-4,9,14H,2,5-6H2,1H3,(H,15,16)(H2,12,13,17)/t9-/m1/s1. The lowest BCUT2D eigenvalue weighted by Crippen LogP contribution is -2.47. The summed E-state index contributed by atoms with van der Waals surface area (Å²) < 4.78 is 0. The van der Waals surface area contributed by atoms with E-state index in [-0.39, 0.29) is 0 Å². The van der Waals surface area contributed by atoms with E-state index in [9.17, 15) is 9.59 Å². The Kier molecular flexibility index (Phi) is 5.60. The SMILES string of the molecule is CCc1ccc(CNC(=O)N[C@H](CO)C(=O)O)s1. The van der Waals surface area contributed by atoms with Gasteiger partial charge in [-0.3, -0.25) is 0 Å². The third kappa shape index (κ3) is 4.34. The number of aliphatic carboxylic acids is 1. The van der Waals surface area contributed by atoms with Crippen LogP contribution in [0.1, 0.15) is 16.7 Å². The molecule has 1 atom stereocenters. The number of carbonyl (C=O) groups excluding carboxylic acids is 1. The van der Waals surface area contributed by atoms with Crippen LogP contribution in [0.2, 0.25) is 0 Å². The molecule has 7 heteroatoms. The zero-order valence-electron chi connectivity index (χ0n) is 9.97. The summed E-state index contributed by atoms with van der Waals surface area (Å²) in [5, 5.41) is 22.1. The zero-order valence-corrected chi connectivity index (χ0v) is 10.8. The number of aliphatic hydroxyl groups is 1. The van der Waals surface area contributed by atoms with Gasteiger partial charge in [-0.25, -0.2) is 9.59 Å². The van der Waals surface area contributed by atoms with E-state index in [1.54, 1.807) is 11.3 Å². The lowest BCUT2D eigenvalue weighted by molar-refractivity contribution is -0.140. The smallest absolute Gasteiger partial charge is 0.328 e. The van der Waals surface area contributed by atoms with E-state index in [1.807, 2.05) is 12.1 Å². The Morgan fingerprint density at radius 1 is 1.39 bits per heavy atom. The Hall–Kier alpha value is -1.60. The second kappa shape index (κ2) is 6.97. The highest BCUT2D eigenvalue weighted by atomic mass is 32.1. The number of urea groups is 1. The first kappa shape index (κ1) is 14.5. The molecule has 1 aromatic rings. The number of thiophene rings is 1. The molecule has 1 heterocycles. The lowest BCUT2D eigenvalue weighted by Gasteiger charge is -2.12. The van der Waals surface area contributed by atoms with Gasteiger partial charge in [0, 0.05) is 9.75 Å². The summed E-state index contributed by atoms with van der Waals surface area (Å²) in [5.74, 6) is -1.27. The molecule has 2 amide bonds. The third-order valence-corrected chi connectivity index (χ3v) is 3.50. The van der Waals surface area contributed by atoms with Gasteiger partial charge in [0.05, 0.1) is 13.2 Å². The number of amides is 2. The number of aliphatic hydroxyl groups excluding tert-OH is 1. The number of carboxylic acids is 1. The number of aryl methyl sites for hydroxylation is 1. The van der Waals surface area contributed by atoms with Gasteiger partial charge in [-0.1, -0.05) is 6.92 Å². The summed E-state index contributed by atoms with van der Waals surface area (Å²) in [6.07, 6.45) is 0.947. The van der Waals surface area contributed by atoms with Crippen LogP contribution in [0, 0.1) is 0 Å². The normalized spacial score (nSPS) is 11.9. The largest absolute Gasteiger partial charge is 0.480 e. The molecule has 0 saturated carbocycles. The van der Waals surface area contributed by atoms with Crippen molar-refractivity contribution in [3.8, 4) is 0 Å². The van der Waals surface area contributed by atoms with Crippen LogP contribution in [0.4, 0.5) is 4.79 Å². The van der Waals surface area contributed by atoms with Gasteiger partial charge in [0.15, 0.2) is 6.04 Å². The summed E-state index contributed by atoms with van der Waals surface area (Å²) in [6.45, 7) is 1.75. The number of nitrogens with one attached hydrogen (secondary N) is 2. The Morgan fingerprint density at radius 2 is 2.06 bits per heavy atom. The predicted octanol–water partition coefficient (Wildman–Crippen LogP) is 0.555. The van der Waals surface area contributed by atoms with Crippen LogP contribution >= 0.6 is 11.3 Å². The van der Waals surface area contributed by atoms with Crippen LogP contribution in [0.5, 0.6) is 0 Å². The van der Waals surface area contributed by atoms with Gasteiger partial charge < -0.3 is 20.8 Å². The number of rotatable bonds is 6. The Bertz CT molecular complexity index is 419. The maximum atomic E-state index is 11.4. The summed E-state index contributed by atoms with van der Waals surface area (Å²) in [4.78, 5) is 24.2. The van der Waals surface area contributed by atoms with Gasteiger partial charge in [-0.15, -0.1) is 11.3 Å². The first-order chi connectivity index (χ1) is 8.56. The molecule has 0 saturated heterocycles. The molecule has 0 bridgehead atoms. The van der Waals surface area contributed by atoms with Gasteiger partial charge in [0.2, 0.25) is 0 Å². The molecular formula is C11H16N2O4S. The lowest BCUT2D eigenvalue weighted by atomic mass is 10.3. The van der Waals surface area contributed by atoms with Crippen molar-refractivity contribution in [1.29, 1.82) is 0 Å². The predicted molar refractivity (Wildman–Crippen MR) is 67.6 cm³/mol. The minimum atomic E-state index is -1.28. The van der Waals surface area contributed by atoms with Crippen molar-refractivity contribution in [2.24, 2.45) is 0 Å². The first-order valence-electron chi connectivity index (χ1n) is 5.52. The highest BCUT2D eigenvalue weighted by molar-refractivity contribution is 7.11. The number of hydrogen-bond donors (Lipinski definition) is 4. The van der Waals surface area contributed by atoms with Crippen molar-refractivity contribution in [1.82, 2.24) is 10.6 Å². The fraction of sp³-hybridized carbons (Fsp3) is 0.455. The van der Waals surface area contributed by atoms with E-state index in [0.717, 1.165) is 11.3 Å². The van der Waals surface area contributed by atoms with E-state index in [2.05, 4.69) is 17.6 Å². The van der Waals surface area contributed by atoms with Crippen LogP contribution in [0.15, 0.2) is 12.1 Å². The third-order valence-electron chi connectivity index (χ3n) is 2.27. The van der Waals surface area contributed by atoms with Crippen LogP contribution < -0.4 is 10.6 Å². The molecule has 1 aromatic heterocycles. The van der Waals surface area contributed by atoms with E-state index in [0.29, 0.717) is 6.54 Å². The second-order valence-corrected chi connectivity index (χ2v) is 4.87. The van der Waals surface area contributed by atoms with Gasteiger partial charge in [0.25, 0.3) is 0 Å². The molecule has 0 aliphatic rings. The van der Waals surface area contributed by atoms with Crippen molar-refractivity contribution < 1.29 is 19.8 Å². The second-order valence-electron chi connectivity index (χ2n) is 3.62. The summed E-state index contributed by atoms with van der Waals surface area (Å²) >= 11 is 1.60. The highest BCUT2D eigenvalue weighted by Gasteiger charge is 2.18. The molecule has 0 radical (unpaired) electrons. The van der Waals surface area contributed by atoms with Crippen molar-refractivity contribution in [2.75, 3.05) is 6.61 Å². The van der Waals surface area contributed by atoms with Crippen LogP contribution in [0.25, 0.3) is 0 Å². The summed E-state index contributed by atoms with van der Waals surface area (Å²) in [5.41, 5.74) is 0. The minimum absolute atomic E-state index is 0.342. The Morgan fingerprint density at radius 3 is 2.56 bits per heavy atom. The average molecular weight is 272 g/mol. The van der Waals surface area contributed by atoms with Crippen molar-refractivity contribution in [2.45, 2.75) is 25.9 Å². The molecule has 0 aliphatic carbocycles. The van der Waals surface area contributed by atoms with Gasteiger partial charge in [-0.05, 0) is 18.6 Å². The van der Waals surface area contributed by atoms with E-state index >= 15 is 0 Å². The zero-order chi connectivity index (χ0) is 13.5. The van der Waals surface area contributed by atoms with Gasteiger partial charge >= 0.3 is 12.0 Å². The van der Waals surface area contributed by atoms with Crippen molar-refractivity contribution in [3.05, 3.63) is 21.9 Å². The molecule has 0 aromatic carbocycles. The van der Waals surface area contributed by atoms with E-state index in [4.69, 9.17) is 10.2 Å². The number of carboxylic acid groups (broad SMARTS) is 1. The van der Waals surface area contributed by atoms with Crippen LogP contribution in [-0.4, -0.2) is 34.9 Å². The molecule has 4 N–H and O–H groups in total. The monoisotopic (exact) mass is 272 g/mol. The Balaban J connectivity index is 2.38. The fourth-order valence-electron chi connectivity index (χ4n) is 1.27. The van der Waals surface area contributed by atoms with Crippen LogP contribution in [0.3, 0.4) is 0 Å². The quantitative estimate of drug-likeness (QED) is 0.608. The first-order valence-corrected chi connectivity index (χ1v) is 6.34. The summed E-state index contributed by atoms with van der Waals surface area (Å²) in [7, 11) is 0. The average Bonchev–Trinajstić information content (AvgIpc) is 2.81. The maximum absolute atomic E-state index is 11.4. The highest BCUT2D eigenvalue weighted by Crippen LogP contribution is 2.16. The number of hydrogen-bond acceptors (Lipinski definition) is 4. The maximum Gasteiger partial charge on any atom is 0.328 e. The molecule has 1 rings (SSSR count). The molecule has 100 valence electrons. The molecule has 0 unspecified atom stereocenters. The molecular weight excluding hydrogens is 256 g/mol. The molecule has 0 spiro atoms. The number of carbonyl (C=O) groups is 2. The van der Waals surface area contributed by atoms with Crippen molar-refractivity contribution in [3.63, 3.8) is 0 Å². The molecule has 0 aliphatic heterocycles. The minimum Gasteiger partial charge on any atom is -0.480 e. The van der Waals surface area contributed by atoms with Gasteiger partial charge in [0.1, 0.15) is 0 Å². The van der Waals surface area contributed by atoms with E-state index < -0.39 is 24.6 Å². The van der Waals surface area contributed by atoms with Crippen molar-refractivity contribution >= 4 is 23.3 Å². The van der Waals surface area contributed by atoms with Crippen LogP contribution in [-0.2, 0) is 17.8 Å². The fourth-order valence-corrected chi connectivity index (χ4v) is 2.17.